The molecule has 0 saturated heterocycles. The van der Waals surface area contributed by atoms with E-state index in [0.29, 0.717) is 11.5 Å². The highest BCUT2D eigenvalue weighted by Crippen LogP contribution is 2.23. The lowest BCUT2D eigenvalue weighted by atomic mass is 10.2. The van der Waals surface area contributed by atoms with E-state index in [2.05, 4.69) is 25.7 Å². The largest absolute Gasteiger partial charge is 0.303 e. The van der Waals surface area contributed by atoms with Crippen LogP contribution in [0.25, 0.3) is 11.0 Å². The maximum absolute atomic E-state index is 8.83. The quantitative estimate of drug-likeness (QED) is 0.574. The van der Waals surface area contributed by atoms with Crippen LogP contribution in [0, 0.1) is 30.6 Å². The Balaban J connectivity index is 2.43. The van der Waals surface area contributed by atoms with Gasteiger partial charge in [-0.2, -0.15) is 15.5 Å². The molecule has 0 atom stereocenters. The van der Waals surface area contributed by atoms with Crippen molar-refractivity contribution in [3.8, 4) is 6.07 Å². The van der Waals surface area contributed by atoms with Crippen molar-refractivity contribution in [1.82, 2.24) is 15.2 Å². The highest BCUT2D eigenvalue weighted by molar-refractivity contribution is 6.46. The Morgan fingerprint density at radius 3 is 2.89 bits per heavy atom. The van der Waals surface area contributed by atoms with Gasteiger partial charge < -0.3 is 5.41 Å². The number of H-pyrrole nitrogens is 1. The maximum atomic E-state index is 8.83. The third-order valence-corrected chi connectivity index (χ3v) is 2.59. The molecule has 3 N–H and O–H groups in total. The van der Waals surface area contributed by atoms with E-state index in [-0.39, 0.29) is 11.4 Å². The molecular weight excluding hydrogens is 242 g/mol. The fourth-order valence-corrected chi connectivity index (χ4v) is 1.76. The van der Waals surface area contributed by atoms with Crippen molar-refractivity contribution in [3.63, 3.8) is 0 Å². The zero-order valence-corrected chi connectivity index (χ0v) is 10.9. The van der Waals surface area contributed by atoms with Gasteiger partial charge in [-0.3, -0.25) is 10.5 Å². The summed E-state index contributed by atoms with van der Waals surface area (Å²) in [5.41, 5.74) is 5.36. The second kappa shape index (κ2) is 4.86. The summed E-state index contributed by atoms with van der Waals surface area (Å²) in [5, 5.41) is 27.8. The number of anilines is 1. The molecule has 2 rings (SSSR count). The Kier molecular flexibility index (Phi) is 3.25. The number of hydrogen-bond donors (Lipinski definition) is 3. The number of aromatic amines is 1. The van der Waals surface area contributed by atoms with Crippen LogP contribution in [0.3, 0.4) is 0 Å². The molecule has 0 spiro atoms. The Morgan fingerprint density at radius 2 is 2.26 bits per heavy atom. The number of fused-ring (bicyclic) bond motifs is 1. The minimum absolute atomic E-state index is 0.0282. The summed E-state index contributed by atoms with van der Waals surface area (Å²) in [6, 6.07) is 3.79. The normalized spacial score (nSPS) is 11.4. The molecule has 0 radical (unpaired) electrons. The Labute approximate surface area is 109 Å². The number of nitrogens with one attached hydrogen (secondary N) is 3. The smallest absolute Gasteiger partial charge is 0.183 e. The lowest BCUT2D eigenvalue weighted by Crippen LogP contribution is -2.08. The summed E-state index contributed by atoms with van der Waals surface area (Å²) < 4.78 is 0. The number of pyridine rings is 1. The molecule has 0 aromatic carbocycles. The molecule has 0 amide bonds. The van der Waals surface area contributed by atoms with Crippen molar-refractivity contribution in [2.75, 3.05) is 5.43 Å². The average Bonchev–Trinajstić information content (AvgIpc) is 2.72. The van der Waals surface area contributed by atoms with Gasteiger partial charge in [-0.05, 0) is 32.4 Å². The summed E-state index contributed by atoms with van der Waals surface area (Å²) in [6.45, 7) is 5.36. The molecule has 0 unspecified atom stereocenters. The van der Waals surface area contributed by atoms with Gasteiger partial charge in [0, 0.05) is 5.69 Å². The zero-order valence-electron chi connectivity index (χ0n) is 10.9. The predicted octanol–water partition coefficient (Wildman–Crippen LogP) is 1.91. The first kappa shape index (κ1) is 12.7. The van der Waals surface area contributed by atoms with Crippen molar-refractivity contribution >= 4 is 28.3 Å². The number of aromatic nitrogens is 3. The molecule has 19 heavy (non-hydrogen) atoms. The molecule has 0 aliphatic heterocycles. The van der Waals surface area contributed by atoms with Gasteiger partial charge in [-0.15, -0.1) is 0 Å². The van der Waals surface area contributed by atoms with E-state index < -0.39 is 0 Å². The average molecular weight is 255 g/mol. The van der Waals surface area contributed by atoms with E-state index in [9.17, 15) is 0 Å². The van der Waals surface area contributed by atoms with E-state index in [1.807, 2.05) is 26.0 Å². The summed E-state index contributed by atoms with van der Waals surface area (Å²) in [6.07, 6.45) is 0. The van der Waals surface area contributed by atoms with Crippen molar-refractivity contribution in [3.05, 3.63) is 17.3 Å². The van der Waals surface area contributed by atoms with Crippen molar-refractivity contribution < 1.29 is 0 Å². The first-order chi connectivity index (χ1) is 9.02. The topological polar surface area (TPSA) is 114 Å². The molecule has 0 aliphatic carbocycles. The summed E-state index contributed by atoms with van der Waals surface area (Å²) in [5.74, 6) is 0.564. The number of hydrazone groups is 1. The van der Waals surface area contributed by atoms with Gasteiger partial charge in [0.2, 0.25) is 0 Å². The Morgan fingerprint density at radius 1 is 1.53 bits per heavy atom. The van der Waals surface area contributed by atoms with Gasteiger partial charge in [0.25, 0.3) is 0 Å². The number of nitriles is 1. The highest BCUT2D eigenvalue weighted by Gasteiger charge is 2.10. The van der Waals surface area contributed by atoms with E-state index in [1.54, 1.807) is 0 Å². The fourth-order valence-electron chi connectivity index (χ4n) is 1.76. The van der Waals surface area contributed by atoms with E-state index >= 15 is 0 Å². The van der Waals surface area contributed by atoms with E-state index in [4.69, 9.17) is 10.7 Å². The predicted molar refractivity (Wildman–Crippen MR) is 73.4 cm³/mol. The van der Waals surface area contributed by atoms with E-state index in [0.717, 1.165) is 16.6 Å². The molecule has 7 nitrogen and oxygen atoms in total. The molecule has 2 heterocycles. The standard InChI is InChI=1S/C12H13N7/c1-6-4-7(2)15-11-10(6)12(19-17-11)18-16-9(5-13)8(3)14/h4,14H,1-3H3,(H2,15,17,18,19)/b14-8?,16-9+. The van der Waals surface area contributed by atoms with Crippen LogP contribution in [-0.4, -0.2) is 26.6 Å². The lowest BCUT2D eigenvalue weighted by Gasteiger charge is -2.01. The lowest BCUT2D eigenvalue weighted by molar-refractivity contribution is 1.08. The van der Waals surface area contributed by atoms with Gasteiger partial charge in [0.05, 0.1) is 11.1 Å². The fraction of sp³-hybridized carbons (Fsp3) is 0.250. The van der Waals surface area contributed by atoms with Gasteiger partial charge >= 0.3 is 0 Å². The van der Waals surface area contributed by atoms with Gasteiger partial charge in [0.15, 0.2) is 17.2 Å². The van der Waals surface area contributed by atoms with Crippen LogP contribution in [-0.2, 0) is 0 Å². The van der Waals surface area contributed by atoms with Crippen LogP contribution in [0.5, 0.6) is 0 Å². The van der Waals surface area contributed by atoms with Crippen LogP contribution in [0.1, 0.15) is 18.2 Å². The van der Waals surface area contributed by atoms with Gasteiger partial charge in [0.1, 0.15) is 6.07 Å². The molecule has 7 heteroatoms. The number of aryl methyl sites for hydroxylation is 2. The summed E-state index contributed by atoms with van der Waals surface area (Å²) in [4.78, 5) is 4.30. The first-order valence-corrected chi connectivity index (χ1v) is 5.64. The zero-order chi connectivity index (χ0) is 14.0. The summed E-state index contributed by atoms with van der Waals surface area (Å²) in [7, 11) is 0. The number of nitrogens with zero attached hydrogens (tertiary/aromatic N) is 4. The van der Waals surface area contributed by atoms with E-state index in [1.165, 1.54) is 6.92 Å². The van der Waals surface area contributed by atoms with Crippen molar-refractivity contribution in [2.45, 2.75) is 20.8 Å². The SMILES string of the molecule is CC(=N)/C(C#N)=N/Nc1[nH]nc2nc(C)cc(C)c12. The Hall–Kier alpha value is -2.75. The third-order valence-electron chi connectivity index (χ3n) is 2.59. The first-order valence-electron chi connectivity index (χ1n) is 5.64. The number of rotatable bonds is 3. The van der Waals surface area contributed by atoms with Gasteiger partial charge in [-0.1, -0.05) is 0 Å². The second-order valence-electron chi connectivity index (χ2n) is 4.19. The van der Waals surface area contributed by atoms with Crippen molar-refractivity contribution in [1.29, 1.82) is 10.7 Å². The Bertz CT molecular complexity index is 717. The molecule has 0 bridgehead atoms. The maximum Gasteiger partial charge on any atom is 0.183 e. The molecule has 0 fully saturated rings. The monoisotopic (exact) mass is 255 g/mol. The minimum Gasteiger partial charge on any atom is -0.303 e. The summed E-state index contributed by atoms with van der Waals surface area (Å²) >= 11 is 0. The minimum atomic E-state index is 0.0282. The molecule has 2 aromatic heterocycles. The van der Waals surface area contributed by atoms with Crippen LogP contribution < -0.4 is 5.43 Å². The van der Waals surface area contributed by atoms with Crippen molar-refractivity contribution in [2.24, 2.45) is 5.10 Å². The molecular formula is C12H13N7. The van der Waals surface area contributed by atoms with Crippen LogP contribution >= 0.6 is 0 Å². The molecule has 0 saturated carbocycles. The van der Waals surface area contributed by atoms with Crippen LogP contribution in [0.2, 0.25) is 0 Å². The molecule has 96 valence electrons. The second-order valence-corrected chi connectivity index (χ2v) is 4.19. The number of hydrogen-bond acceptors (Lipinski definition) is 6. The highest BCUT2D eigenvalue weighted by atomic mass is 15.4. The van der Waals surface area contributed by atoms with Gasteiger partial charge in [-0.25, -0.2) is 4.98 Å². The van der Waals surface area contributed by atoms with Crippen LogP contribution in [0.4, 0.5) is 5.82 Å². The third kappa shape index (κ3) is 2.42. The molecule has 0 aliphatic rings. The van der Waals surface area contributed by atoms with Crippen LogP contribution in [0.15, 0.2) is 11.2 Å². The molecule has 2 aromatic rings.